The Balaban J connectivity index is 1.17. The molecule has 6 rings (SSSR count). The molecule has 4 nitrogen and oxygen atoms in total. The monoisotopic (exact) mass is 600 g/mol. The Bertz CT molecular complexity index is 1680. The summed E-state index contributed by atoms with van der Waals surface area (Å²) in [5.74, 6) is 0.436. The van der Waals surface area contributed by atoms with Crippen molar-refractivity contribution in [1.29, 1.82) is 0 Å². The second-order valence-corrected chi connectivity index (χ2v) is 11.2. The molecule has 0 amide bonds. The summed E-state index contributed by atoms with van der Waals surface area (Å²) in [7, 11) is 0. The summed E-state index contributed by atoms with van der Waals surface area (Å²) < 4.78 is 0. The van der Waals surface area contributed by atoms with Gasteiger partial charge in [-0.15, -0.1) is 0 Å². The quantitative estimate of drug-likeness (QED) is 0.0886. The fourth-order valence-electron chi connectivity index (χ4n) is 5.89. The van der Waals surface area contributed by atoms with E-state index in [9.17, 15) is 10.2 Å². The number of aliphatic imine (C=N–C) groups is 2. The third-order valence-corrected chi connectivity index (χ3v) is 8.12. The highest BCUT2D eigenvalue weighted by Crippen LogP contribution is 2.35. The van der Waals surface area contributed by atoms with Gasteiger partial charge in [-0.1, -0.05) is 133 Å². The molecule has 2 N–H and O–H groups in total. The molecule has 0 spiro atoms. The van der Waals surface area contributed by atoms with Crippen LogP contribution in [0.2, 0.25) is 0 Å². The van der Waals surface area contributed by atoms with E-state index in [0.29, 0.717) is 24.2 Å². The van der Waals surface area contributed by atoms with Gasteiger partial charge in [0.15, 0.2) is 0 Å². The fraction of sp³-hybridized carbons (Fsp3) is 0.0952. The molecule has 226 valence electrons. The maximum atomic E-state index is 10.6. The zero-order valence-electron chi connectivity index (χ0n) is 25.5. The smallest absolute Gasteiger partial charge is 0.124 e. The Morgan fingerprint density at radius 2 is 0.696 bits per heavy atom. The summed E-state index contributed by atoms with van der Waals surface area (Å²) in [6.45, 7) is 0.885. The summed E-state index contributed by atoms with van der Waals surface area (Å²) in [4.78, 5) is 9.13. The highest BCUT2D eigenvalue weighted by molar-refractivity contribution is 5.85. The van der Waals surface area contributed by atoms with E-state index in [1.54, 1.807) is 24.6 Å². The van der Waals surface area contributed by atoms with Gasteiger partial charge in [-0.25, -0.2) is 0 Å². The van der Waals surface area contributed by atoms with Gasteiger partial charge in [-0.3, -0.25) is 9.98 Å². The molecule has 6 aromatic rings. The van der Waals surface area contributed by atoms with Gasteiger partial charge in [-0.2, -0.15) is 0 Å². The summed E-state index contributed by atoms with van der Waals surface area (Å²) in [5, 5.41) is 21.3. The van der Waals surface area contributed by atoms with Crippen LogP contribution in [0.15, 0.2) is 168 Å². The molecule has 0 fully saturated rings. The van der Waals surface area contributed by atoms with E-state index in [1.807, 2.05) is 48.5 Å². The van der Waals surface area contributed by atoms with Gasteiger partial charge in [0.05, 0.1) is 13.1 Å². The maximum absolute atomic E-state index is 10.6. The molecule has 0 saturated heterocycles. The first-order valence-electron chi connectivity index (χ1n) is 15.5. The van der Waals surface area contributed by atoms with Crippen LogP contribution < -0.4 is 0 Å². The first-order chi connectivity index (χ1) is 22.7. The zero-order valence-corrected chi connectivity index (χ0v) is 25.5. The van der Waals surface area contributed by atoms with Crippen molar-refractivity contribution >= 4 is 12.4 Å². The molecule has 0 unspecified atom stereocenters. The van der Waals surface area contributed by atoms with Gasteiger partial charge in [-0.05, 0) is 57.6 Å². The SMILES string of the molecule is Oc1ccc(C(c2ccccc2)c2ccccc2)cc1C=NCCN=Cc1cc(C(c2ccccc2)c2ccccc2)ccc1O. The normalized spacial score (nSPS) is 11.6. The van der Waals surface area contributed by atoms with E-state index >= 15 is 0 Å². The predicted molar refractivity (Wildman–Crippen MR) is 189 cm³/mol. The van der Waals surface area contributed by atoms with Gasteiger partial charge < -0.3 is 10.2 Å². The third kappa shape index (κ3) is 7.31. The molecule has 0 bridgehead atoms. The van der Waals surface area contributed by atoms with Gasteiger partial charge in [0.2, 0.25) is 0 Å². The number of phenols is 2. The first kappa shape index (κ1) is 30.3. The number of rotatable bonds is 11. The average molecular weight is 601 g/mol. The van der Waals surface area contributed by atoms with Gasteiger partial charge in [0.25, 0.3) is 0 Å². The van der Waals surface area contributed by atoms with E-state index in [0.717, 1.165) is 11.1 Å². The zero-order chi connectivity index (χ0) is 31.6. The number of phenolic OH excluding ortho intramolecular Hbond substituents is 2. The second kappa shape index (κ2) is 14.8. The molecule has 0 atom stereocenters. The second-order valence-electron chi connectivity index (χ2n) is 11.2. The van der Waals surface area contributed by atoms with Gasteiger partial charge in [0, 0.05) is 35.4 Å². The maximum Gasteiger partial charge on any atom is 0.124 e. The van der Waals surface area contributed by atoms with E-state index in [4.69, 9.17) is 0 Å². The van der Waals surface area contributed by atoms with Crippen LogP contribution in [0.25, 0.3) is 0 Å². The summed E-state index contributed by atoms with van der Waals surface area (Å²) in [6, 6.07) is 53.0. The number of hydrogen-bond donors (Lipinski definition) is 2. The molecule has 6 aromatic carbocycles. The molecule has 46 heavy (non-hydrogen) atoms. The molecule has 0 aliphatic carbocycles. The molecular weight excluding hydrogens is 564 g/mol. The van der Waals surface area contributed by atoms with E-state index in [1.165, 1.54) is 22.3 Å². The summed E-state index contributed by atoms with van der Waals surface area (Å²) in [5.41, 5.74) is 8.22. The minimum Gasteiger partial charge on any atom is -0.507 e. The van der Waals surface area contributed by atoms with E-state index in [2.05, 4.69) is 107 Å². The van der Waals surface area contributed by atoms with Crippen molar-refractivity contribution < 1.29 is 10.2 Å². The number of aromatic hydroxyl groups is 2. The number of nitrogens with zero attached hydrogens (tertiary/aromatic N) is 2. The van der Waals surface area contributed by atoms with E-state index in [-0.39, 0.29) is 23.3 Å². The molecule has 0 heterocycles. The Kier molecular flexibility index (Phi) is 9.76. The highest BCUT2D eigenvalue weighted by atomic mass is 16.3. The van der Waals surface area contributed by atoms with Crippen LogP contribution in [0.5, 0.6) is 11.5 Å². The van der Waals surface area contributed by atoms with Crippen molar-refractivity contribution in [2.24, 2.45) is 9.98 Å². The summed E-state index contributed by atoms with van der Waals surface area (Å²) >= 11 is 0. The molecule has 0 aliphatic heterocycles. The third-order valence-electron chi connectivity index (χ3n) is 8.12. The van der Waals surface area contributed by atoms with Gasteiger partial charge in [0.1, 0.15) is 11.5 Å². The van der Waals surface area contributed by atoms with Crippen LogP contribution >= 0.6 is 0 Å². The Morgan fingerprint density at radius 1 is 0.391 bits per heavy atom. The largest absolute Gasteiger partial charge is 0.507 e. The van der Waals surface area contributed by atoms with Crippen LogP contribution in [-0.4, -0.2) is 35.7 Å². The highest BCUT2D eigenvalue weighted by Gasteiger charge is 2.19. The lowest BCUT2D eigenvalue weighted by molar-refractivity contribution is 0.473. The predicted octanol–water partition coefficient (Wildman–Crippen LogP) is 9.00. The van der Waals surface area contributed by atoms with Crippen molar-refractivity contribution in [3.63, 3.8) is 0 Å². The van der Waals surface area contributed by atoms with Crippen LogP contribution in [0.4, 0.5) is 0 Å². The Hall–Kier alpha value is -5.74. The lowest BCUT2D eigenvalue weighted by Crippen LogP contribution is -2.04. The molecule has 4 heteroatoms. The molecule has 0 radical (unpaired) electrons. The average Bonchev–Trinajstić information content (AvgIpc) is 3.11. The van der Waals surface area contributed by atoms with E-state index < -0.39 is 0 Å². The van der Waals surface area contributed by atoms with Crippen LogP contribution in [-0.2, 0) is 0 Å². The number of hydrogen-bond acceptors (Lipinski definition) is 4. The lowest BCUT2D eigenvalue weighted by Gasteiger charge is -2.19. The molecule has 0 aliphatic rings. The van der Waals surface area contributed by atoms with Crippen molar-refractivity contribution in [2.45, 2.75) is 11.8 Å². The van der Waals surface area contributed by atoms with Crippen molar-refractivity contribution in [2.75, 3.05) is 13.1 Å². The van der Waals surface area contributed by atoms with Crippen molar-refractivity contribution in [3.05, 3.63) is 202 Å². The Labute approximate surface area is 270 Å². The fourth-order valence-corrected chi connectivity index (χ4v) is 5.89. The van der Waals surface area contributed by atoms with Gasteiger partial charge >= 0.3 is 0 Å². The number of benzene rings is 6. The van der Waals surface area contributed by atoms with Crippen LogP contribution in [0, 0.1) is 0 Å². The molecule has 0 aromatic heterocycles. The van der Waals surface area contributed by atoms with Crippen molar-refractivity contribution in [1.82, 2.24) is 0 Å². The lowest BCUT2D eigenvalue weighted by atomic mass is 9.84. The summed E-state index contributed by atoms with van der Waals surface area (Å²) in [6.07, 6.45) is 3.42. The minimum atomic E-state index is 0.0339. The van der Waals surface area contributed by atoms with Crippen molar-refractivity contribution in [3.8, 4) is 11.5 Å². The molecular formula is C42H36N2O2. The van der Waals surface area contributed by atoms with Crippen LogP contribution in [0.3, 0.4) is 0 Å². The topological polar surface area (TPSA) is 65.2 Å². The molecule has 0 saturated carbocycles. The Morgan fingerprint density at radius 3 is 1.00 bits per heavy atom. The minimum absolute atomic E-state index is 0.0339. The standard InChI is InChI=1S/C42H36N2O2/c45-39-23-21-35(41(31-13-5-1-6-14-31)32-15-7-2-8-16-32)27-37(39)29-43-25-26-44-30-38-28-36(22-24-40(38)46)42(33-17-9-3-10-18-33)34-19-11-4-12-20-34/h1-24,27-30,41-42,45-46H,25-26H2. The van der Waals surface area contributed by atoms with Crippen LogP contribution in [0.1, 0.15) is 56.3 Å². The first-order valence-corrected chi connectivity index (χ1v) is 15.5.